The average Bonchev–Trinajstić information content (AvgIpc) is 3.58. The number of nitrogens with zero attached hydrogens (tertiary/aromatic N) is 4. The highest BCUT2D eigenvalue weighted by Gasteiger charge is 2.33. The maximum atomic E-state index is 13.9. The molecule has 9 heteroatoms. The molecule has 1 atom stereocenters. The van der Waals surface area contributed by atoms with Gasteiger partial charge in [-0.2, -0.15) is 0 Å². The number of amides is 2. The second-order valence-electron chi connectivity index (χ2n) is 8.59. The molecule has 2 heterocycles. The second kappa shape index (κ2) is 10.4. The number of fused-ring (bicyclic) bond motifs is 1. The number of halogens is 1. The monoisotopic (exact) mass is 497 g/mol. The van der Waals surface area contributed by atoms with E-state index in [-0.39, 0.29) is 13.1 Å². The van der Waals surface area contributed by atoms with E-state index in [0.717, 1.165) is 5.56 Å². The molecule has 5 rings (SSSR count). The van der Waals surface area contributed by atoms with Gasteiger partial charge in [-0.05, 0) is 61.0 Å². The van der Waals surface area contributed by atoms with Crippen LogP contribution in [0.5, 0.6) is 0 Å². The molecular weight excluding hydrogens is 473 g/mol. The quantitative estimate of drug-likeness (QED) is 0.339. The summed E-state index contributed by atoms with van der Waals surface area (Å²) < 4.78 is 20.7. The lowest BCUT2D eigenvalue weighted by Gasteiger charge is -2.31. The van der Waals surface area contributed by atoms with Gasteiger partial charge < -0.3 is 9.73 Å². The van der Waals surface area contributed by atoms with Crippen LogP contribution in [-0.4, -0.2) is 26.8 Å². The van der Waals surface area contributed by atoms with E-state index in [2.05, 4.69) is 15.6 Å². The Kier molecular flexibility index (Phi) is 6.76. The van der Waals surface area contributed by atoms with E-state index in [4.69, 9.17) is 4.42 Å². The maximum Gasteiger partial charge on any atom is 0.249 e. The van der Waals surface area contributed by atoms with Crippen molar-refractivity contribution in [1.29, 1.82) is 0 Å². The van der Waals surface area contributed by atoms with E-state index in [1.807, 2.05) is 37.3 Å². The first-order valence-corrected chi connectivity index (χ1v) is 11.7. The van der Waals surface area contributed by atoms with Crippen LogP contribution >= 0.6 is 0 Å². The van der Waals surface area contributed by atoms with Gasteiger partial charge in [-0.25, -0.2) is 9.07 Å². The van der Waals surface area contributed by atoms with Crippen LogP contribution in [0, 0.1) is 12.7 Å². The highest BCUT2D eigenvalue weighted by molar-refractivity contribution is 6.01. The van der Waals surface area contributed by atoms with Crippen molar-refractivity contribution in [2.24, 2.45) is 0 Å². The molecule has 2 amide bonds. The zero-order valence-electron chi connectivity index (χ0n) is 20.0. The third-order valence-electron chi connectivity index (χ3n) is 6.00. The summed E-state index contributed by atoms with van der Waals surface area (Å²) in [4.78, 5) is 28.9. The Morgan fingerprint density at radius 2 is 1.76 bits per heavy atom. The molecule has 0 aliphatic carbocycles. The zero-order valence-corrected chi connectivity index (χ0v) is 20.0. The van der Waals surface area contributed by atoms with E-state index in [0.29, 0.717) is 28.0 Å². The summed E-state index contributed by atoms with van der Waals surface area (Å²) in [6.45, 7) is 1.91. The van der Waals surface area contributed by atoms with E-state index in [1.165, 1.54) is 40.1 Å². The number of hydrogen-bond donors (Lipinski definition) is 1. The van der Waals surface area contributed by atoms with Crippen LogP contribution in [0.4, 0.5) is 10.1 Å². The fraction of sp³-hybridized carbons (Fsp3) is 0.143. The summed E-state index contributed by atoms with van der Waals surface area (Å²) in [5.41, 5.74) is 3.31. The molecule has 0 spiro atoms. The molecule has 186 valence electrons. The predicted molar refractivity (Wildman–Crippen MR) is 136 cm³/mol. The van der Waals surface area contributed by atoms with Gasteiger partial charge in [0.2, 0.25) is 11.8 Å². The molecule has 0 fully saturated rings. The fourth-order valence-corrected chi connectivity index (χ4v) is 4.13. The topological polar surface area (TPSA) is 93.3 Å². The van der Waals surface area contributed by atoms with Crippen molar-refractivity contribution in [3.63, 3.8) is 0 Å². The van der Waals surface area contributed by atoms with Gasteiger partial charge in [0, 0.05) is 5.69 Å². The Morgan fingerprint density at radius 1 is 1.00 bits per heavy atom. The highest BCUT2D eigenvalue weighted by Crippen LogP contribution is 2.29. The molecule has 0 saturated carbocycles. The fourth-order valence-electron chi connectivity index (χ4n) is 4.13. The molecule has 0 aliphatic rings. The lowest BCUT2D eigenvalue weighted by Crippen LogP contribution is -2.45. The molecule has 0 bridgehead atoms. The van der Waals surface area contributed by atoms with E-state index < -0.39 is 23.7 Å². The summed E-state index contributed by atoms with van der Waals surface area (Å²) in [5.74, 6) is -0.709. The van der Waals surface area contributed by atoms with Crippen molar-refractivity contribution in [1.82, 2.24) is 20.3 Å². The van der Waals surface area contributed by atoms with Crippen molar-refractivity contribution >= 4 is 28.5 Å². The molecule has 0 unspecified atom stereocenters. The third kappa shape index (κ3) is 5.25. The average molecular weight is 498 g/mol. The molecule has 37 heavy (non-hydrogen) atoms. The van der Waals surface area contributed by atoms with Crippen molar-refractivity contribution in [3.05, 3.63) is 114 Å². The van der Waals surface area contributed by atoms with Crippen molar-refractivity contribution in [3.8, 4) is 0 Å². The SMILES string of the molecule is Cc1ccc([C@H](C(=O)NCc2ccco2)N(C(=O)Cn2nnc3ccccc32)c2ccc(F)cc2)cc1. The van der Waals surface area contributed by atoms with E-state index in [9.17, 15) is 14.0 Å². The van der Waals surface area contributed by atoms with Crippen molar-refractivity contribution in [2.45, 2.75) is 26.1 Å². The first-order valence-electron chi connectivity index (χ1n) is 11.7. The smallest absolute Gasteiger partial charge is 0.249 e. The zero-order chi connectivity index (χ0) is 25.8. The third-order valence-corrected chi connectivity index (χ3v) is 6.00. The molecular formula is C28H24FN5O3. The normalized spacial score (nSPS) is 11.8. The van der Waals surface area contributed by atoms with Crippen LogP contribution in [0.15, 0.2) is 95.6 Å². The second-order valence-corrected chi connectivity index (χ2v) is 8.59. The van der Waals surface area contributed by atoms with Crippen LogP contribution in [-0.2, 0) is 22.7 Å². The van der Waals surface area contributed by atoms with Crippen molar-refractivity contribution < 1.29 is 18.4 Å². The minimum atomic E-state index is -1.04. The van der Waals surface area contributed by atoms with Gasteiger partial charge in [-0.3, -0.25) is 14.5 Å². The van der Waals surface area contributed by atoms with Gasteiger partial charge in [0.25, 0.3) is 0 Å². The lowest BCUT2D eigenvalue weighted by atomic mass is 10.0. The summed E-state index contributed by atoms with van der Waals surface area (Å²) in [6, 6.07) is 22.6. The van der Waals surface area contributed by atoms with Crippen LogP contribution in [0.25, 0.3) is 11.0 Å². The molecule has 1 N–H and O–H groups in total. The number of para-hydroxylation sites is 1. The number of nitrogens with one attached hydrogen (secondary N) is 1. The van der Waals surface area contributed by atoms with Gasteiger partial charge >= 0.3 is 0 Å². The standard InChI is InChI=1S/C28H24FN5O3/c1-19-8-10-20(11-9-19)27(28(36)30-17-23-5-4-16-37-23)34(22-14-12-21(29)13-15-22)26(35)18-33-25-7-3-2-6-24(25)31-32-33/h2-16,27H,17-18H2,1H3,(H,30,36)/t27-/m1/s1. The summed E-state index contributed by atoms with van der Waals surface area (Å²) in [6.07, 6.45) is 1.52. The van der Waals surface area contributed by atoms with Crippen molar-refractivity contribution in [2.75, 3.05) is 4.90 Å². The molecule has 3 aromatic carbocycles. The van der Waals surface area contributed by atoms with Gasteiger partial charge in [0.15, 0.2) is 0 Å². The molecule has 0 saturated heterocycles. The van der Waals surface area contributed by atoms with Crippen LogP contribution in [0.2, 0.25) is 0 Å². The number of benzene rings is 3. The number of carbonyl (C=O) groups excluding carboxylic acids is 2. The number of hydrogen-bond acceptors (Lipinski definition) is 5. The predicted octanol–water partition coefficient (Wildman–Crippen LogP) is 4.56. The first-order chi connectivity index (χ1) is 18.0. The minimum Gasteiger partial charge on any atom is -0.467 e. The maximum absolute atomic E-state index is 13.9. The Hall–Kier alpha value is -4.79. The van der Waals surface area contributed by atoms with Gasteiger partial charge in [0.05, 0.1) is 18.3 Å². The van der Waals surface area contributed by atoms with Crippen LogP contribution in [0.3, 0.4) is 0 Å². The minimum absolute atomic E-state index is 0.146. The number of aryl methyl sites for hydroxylation is 1. The molecule has 8 nitrogen and oxygen atoms in total. The number of furan rings is 1. The van der Waals surface area contributed by atoms with Gasteiger partial charge in [-0.15, -0.1) is 5.10 Å². The molecule has 2 aromatic heterocycles. The molecule has 5 aromatic rings. The van der Waals surface area contributed by atoms with E-state index >= 15 is 0 Å². The Morgan fingerprint density at radius 3 is 2.49 bits per heavy atom. The Bertz CT molecular complexity index is 1510. The van der Waals surface area contributed by atoms with Crippen LogP contribution < -0.4 is 10.2 Å². The van der Waals surface area contributed by atoms with Gasteiger partial charge in [0.1, 0.15) is 29.7 Å². The Balaban J connectivity index is 1.55. The van der Waals surface area contributed by atoms with Crippen LogP contribution in [0.1, 0.15) is 22.9 Å². The molecule has 0 aliphatic heterocycles. The largest absolute Gasteiger partial charge is 0.467 e. The van der Waals surface area contributed by atoms with E-state index in [1.54, 1.807) is 30.3 Å². The highest BCUT2D eigenvalue weighted by atomic mass is 19.1. The summed E-state index contributed by atoms with van der Waals surface area (Å²) >= 11 is 0. The Labute approximate surface area is 212 Å². The number of aromatic nitrogens is 3. The number of rotatable bonds is 8. The van der Waals surface area contributed by atoms with Gasteiger partial charge in [-0.1, -0.05) is 47.2 Å². The first kappa shape index (κ1) is 23.9. The number of anilines is 1. The summed E-state index contributed by atoms with van der Waals surface area (Å²) in [5, 5.41) is 11.1. The summed E-state index contributed by atoms with van der Waals surface area (Å²) in [7, 11) is 0. The number of carbonyl (C=O) groups is 2. The molecule has 0 radical (unpaired) electrons. The lowest BCUT2D eigenvalue weighted by molar-refractivity contribution is -0.127.